The highest BCUT2D eigenvalue weighted by Crippen LogP contribution is 2.56. The number of para-hydroxylation sites is 2. The van der Waals surface area contributed by atoms with Gasteiger partial charge in [-0.2, -0.15) is 0 Å². The summed E-state index contributed by atoms with van der Waals surface area (Å²) in [5, 5.41) is 9.92. The van der Waals surface area contributed by atoms with Gasteiger partial charge in [-0.05, 0) is 145 Å². The molecule has 0 fully saturated rings. The quantitative estimate of drug-likeness (QED) is 0.165. The molecule has 3 nitrogen and oxygen atoms in total. The summed E-state index contributed by atoms with van der Waals surface area (Å²) in [6.07, 6.45) is 0. The van der Waals surface area contributed by atoms with Gasteiger partial charge < -0.3 is 14.2 Å². The predicted molar refractivity (Wildman–Crippen MR) is 265 cm³/mol. The highest BCUT2D eigenvalue weighted by molar-refractivity contribution is 6.26. The summed E-state index contributed by atoms with van der Waals surface area (Å²) < 4.78 is 6.37. The maximum atomic E-state index is 6.37. The lowest BCUT2D eigenvalue weighted by molar-refractivity contribution is 0.633. The van der Waals surface area contributed by atoms with Crippen molar-refractivity contribution >= 4 is 88.4 Å². The molecular formula is C60H44N2O. The van der Waals surface area contributed by atoms with E-state index in [1.807, 2.05) is 6.07 Å². The van der Waals surface area contributed by atoms with E-state index in [9.17, 15) is 0 Å². The lowest BCUT2D eigenvalue weighted by Crippen LogP contribution is -2.31. The molecule has 0 spiro atoms. The van der Waals surface area contributed by atoms with E-state index in [0.717, 1.165) is 44.7 Å². The van der Waals surface area contributed by atoms with Crippen LogP contribution in [0.3, 0.4) is 0 Å². The minimum absolute atomic E-state index is 0.145. The van der Waals surface area contributed by atoms with E-state index < -0.39 is 0 Å². The van der Waals surface area contributed by atoms with Crippen molar-refractivity contribution in [2.24, 2.45) is 0 Å². The fraction of sp³-hybridized carbons (Fsp3) is 0.100. The maximum Gasteiger partial charge on any atom is 0.135 e. The van der Waals surface area contributed by atoms with Crippen LogP contribution in [0.1, 0.15) is 49.9 Å². The number of furan rings is 1. The molecule has 2 heterocycles. The number of benzene rings is 10. The molecule has 1 aromatic heterocycles. The zero-order chi connectivity index (χ0) is 42.2. The zero-order valence-corrected chi connectivity index (χ0v) is 35.8. The van der Waals surface area contributed by atoms with Crippen LogP contribution in [0.5, 0.6) is 0 Å². The second kappa shape index (κ2) is 13.0. The summed E-state index contributed by atoms with van der Waals surface area (Å²) in [6.45, 7) is 9.55. The Bertz CT molecular complexity index is 3700. The number of fused-ring (bicyclic) bond motifs is 14. The largest absolute Gasteiger partial charge is 0.456 e. The first kappa shape index (κ1) is 36.1. The summed E-state index contributed by atoms with van der Waals surface area (Å²) in [6, 6.07) is 71.8. The predicted octanol–water partition coefficient (Wildman–Crippen LogP) is 16.9. The molecule has 3 heteroatoms. The molecule has 300 valence electrons. The molecule has 0 atom stereocenters. The van der Waals surface area contributed by atoms with Crippen LogP contribution in [0.15, 0.2) is 199 Å². The second-order valence-corrected chi connectivity index (χ2v) is 18.5. The molecule has 13 rings (SSSR count). The summed E-state index contributed by atoms with van der Waals surface area (Å²) >= 11 is 0. The van der Waals surface area contributed by atoms with Gasteiger partial charge in [0.15, 0.2) is 0 Å². The Hall–Kier alpha value is -7.62. The topological polar surface area (TPSA) is 19.6 Å². The van der Waals surface area contributed by atoms with Gasteiger partial charge in [0.25, 0.3) is 0 Å². The first-order valence-corrected chi connectivity index (χ1v) is 22.1. The van der Waals surface area contributed by atoms with Crippen LogP contribution in [0.2, 0.25) is 0 Å². The Morgan fingerprint density at radius 3 is 1.60 bits per heavy atom. The Labute approximate surface area is 367 Å². The van der Waals surface area contributed by atoms with Crippen LogP contribution in [0, 0.1) is 0 Å². The van der Waals surface area contributed by atoms with Gasteiger partial charge in [0.2, 0.25) is 0 Å². The van der Waals surface area contributed by atoms with Crippen molar-refractivity contribution in [3.63, 3.8) is 0 Å². The molecule has 63 heavy (non-hydrogen) atoms. The lowest BCUT2D eigenvalue weighted by atomic mass is 9.72. The number of anilines is 6. The van der Waals surface area contributed by atoms with E-state index in [0.29, 0.717) is 0 Å². The Morgan fingerprint density at radius 1 is 0.349 bits per heavy atom. The normalized spacial score (nSPS) is 14.6. The molecule has 0 unspecified atom stereocenters. The van der Waals surface area contributed by atoms with E-state index in [1.165, 1.54) is 77.1 Å². The summed E-state index contributed by atoms with van der Waals surface area (Å²) in [4.78, 5) is 4.95. The van der Waals surface area contributed by atoms with Crippen molar-refractivity contribution in [1.82, 2.24) is 0 Å². The van der Waals surface area contributed by atoms with Gasteiger partial charge in [-0.15, -0.1) is 0 Å². The third-order valence-electron chi connectivity index (χ3n) is 14.4. The third kappa shape index (κ3) is 5.08. The fourth-order valence-corrected chi connectivity index (χ4v) is 11.2. The van der Waals surface area contributed by atoms with E-state index in [1.54, 1.807) is 0 Å². The van der Waals surface area contributed by atoms with Crippen LogP contribution in [0.4, 0.5) is 34.1 Å². The number of rotatable bonds is 4. The van der Waals surface area contributed by atoms with E-state index in [-0.39, 0.29) is 10.8 Å². The van der Waals surface area contributed by atoms with E-state index in [2.05, 4.69) is 226 Å². The van der Waals surface area contributed by atoms with Crippen molar-refractivity contribution in [1.29, 1.82) is 0 Å². The van der Waals surface area contributed by atoms with Gasteiger partial charge in [-0.3, -0.25) is 0 Å². The smallest absolute Gasteiger partial charge is 0.135 e. The van der Waals surface area contributed by atoms with Gasteiger partial charge in [0.1, 0.15) is 11.2 Å². The molecule has 0 bridgehead atoms. The molecule has 10 aromatic carbocycles. The molecule has 0 amide bonds. The molecule has 1 aliphatic carbocycles. The third-order valence-corrected chi connectivity index (χ3v) is 14.4. The first-order chi connectivity index (χ1) is 30.8. The molecule has 0 saturated carbocycles. The standard InChI is InChI=1S/C60H44N2O/c1-59(2)51-24-14-12-22-45(51)46-29-26-39(33-52(46)59)61(38-28-31-58-50(32-38)47-23-13-15-25-57(47)63-58)40-27-30-55-53(34-40)60(3,4)54-35-48-43-20-10-8-18-41(43)42-19-9-11-21-44(42)49(48)36-56(54)62(55)37-16-6-5-7-17-37/h5-36H,1-4H3. The molecule has 0 saturated heterocycles. The fourth-order valence-electron chi connectivity index (χ4n) is 11.2. The Kier molecular flexibility index (Phi) is 7.42. The Morgan fingerprint density at radius 2 is 0.857 bits per heavy atom. The van der Waals surface area contributed by atoms with Crippen molar-refractivity contribution in [3.05, 3.63) is 216 Å². The van der Waals surface area contributed by atoms with Crippen LogP contribution >= 0.6 is 0 Å². The van der Waals surface area contributed by atoms with Gasteiger partial charge in [-0.1, -0.05) is 143 Å². The highest BCUT2D eigenvalue weighted by atomic mass is 16.3. The molecule has 11 aromatic rings. The average Bonchev–Trinajstić information content (AvgIpc) is 3.80. The molecular weight excluding hydrogens is 765 g/mol. The Balaban J connectivity index is 1.06. The van der Waals surface area contributed by atoms with Gasteiger partial charge in [0, 0.05) is 44.4 Å². The van der Waals surface area contributed by atoms with Crippen molar-refractivity contribution in [3.8, 4) is 11.1 Å². The minimum Gasteiger partial charge on any atom is -0.456 e. The average molecular weight is 809 g/mol. The maximum absolute atomic E-state index is 6.37. The number of hydrogen-bond acceptors (Lipinski definition) is 3. The molecule has 2 aliphatic rings. The number of nitrogens with zero attached hydrogens (tertiary/aromatic N) is 2. The van der Waals surface area contributed by atoms with E-state index >= 15 is 0 Å². The second-order valence-electron chi connectivity index (χ2n) is 18.5. The molecule has 1 aliphatic heterocycles. The SMILES string of the molecule is CC1(C)c2ccccc2-c2ccc(N(c3ccc4c(c3)C(C)(C)c3cc5c6ccccc6c6ccccc6c5cc3N4c3ccccc3)c3ccc4oc5ccccc5c4c3)cc21. The van der Waals surface area contributed by atoms with Crippen molar-refractivity contribution in [2.45, 2.75) is 38.5 Å². The minimum atomic E-state index is -0.356. The van der Waals surface area contributed by atoms with Gasteiger partial charge >= 0.3 is 0 Å². The van der Waals surface area contributed by atoms with E-state index in [4.69, 9.17) is 4.42 Å². The van der Waals surface area contributed by atoms with Crippen LogP contribution in [-0.2, 0) is 10.8 Å². The monoisotopic (exact) mass is 808 g/mol. The van der Waals surface area contributed by atoms with Crippen molar-refractivity contribution in [2.75, 3.05) is 9.80 Å². The lowest BCUT2D eigenvalue weighted by Gasteiger charge is -2.43. The van der Waals surface area contributed by atoms with Crippen LogP contribution in [0.25, 0.3) is 65.4 Å². The zero-order valence-electron chi connectivity index (χ0n) is 35.8. The van der Waals surface area contributed by atoms with Crippen molar-refractivity contribution < 1.29 is 4.42 Å². The molecule has 0 N–H and O–H groups in total. The summed E-state index contributed by atoms with van der Waals surface area (Å²) in [7, 11) is 0. The van der Waals surface area contributed by atoms with Crippen LogP contribution < -0.4 is 9.80 Å². The number of hydrogen-bond donors (Lipinski definition) is 0. The van der Waals surface area contributed by atoms with Crippen LogP contribution in [-0.4, -0.2) is 0 Å². The first-order valence-electron chi connectivity index (χ1n) is 22.1. The van der Waals surface area contributed by atoms with Gasteiger partial charge in [0.05, 0.1) is 11.4 Å². The summed E-state index contributed by atoms with van der Waals surface area (Å²) in [5.74, 6) is 0. The summed E-state index contributed by atoms with van der Waals surface area (Å²) in [5.41, 5.74) is 16.1. The highest BCUT2D eigenvalue weighted by Gasteiger charge is 2.39. The molecule has 0 radical (unpaired) electrons. The van der Waals surface area contributed by atoms with Gasteiger partial charge in [-0.25, -0.2) is 0 Å².